The van der Waals surface area contributed by atoms with Crippen LogP contribution in [0, 0.1) is 0 Å². The fourth-order valence-electron chi connectivity index (χ4n) is 4.33. The summed E-state index contributed by atoms with van der Waals surface area (Å²) in [5.74, 6) is -1.98. The number of rotatable bonds is 7. The van der Waals surface area contributed by atoms with Gasteiger partial charge in [0, 0.05) is 11.6 Å². The van der Waals surface area contributed by atoms with Crippen LogP contribution in [0.25, 0.3) is 5.76 Å². The molecule has 1 N–H and O–H groups in total. The van der Waals surface area contributed by atoms with Crippen molar-refractivity contribution in [2.75, 3.05) is 21.3 Å². The minimum Gasteiger partial charge on any atom is -0.507 e. The van der Waals surface area contributed by atoms with Crippen LogP contribution in [-0.2, 0) is 20.9 Å². The number of aliphatic hydroxyl groups is 1. The summed E-state index contributed by atoms with van der Waals surface area (Å²) in [6.45, 7) is 0.0208. The van der Waals surface area contributed by atoms with E-state index in [-0.39, 0.29) is 33.5 Å². The number of Topliss-reactive ketones (excluding diaryl/α,β-unsaturated/α-hetero) is 1. The number of carbonyl (C=O) groups is 3. The minimum absolute atomic E-state index is 0.0208. The molecule has 10 heteroatoms. The quantitative estimate of drug-likeness (QED) is 0.180. The molecule has 0 bridgehead atoms. The molecular weight excluding hydrogens is 533 g/mol. The predicted molar refractivity (Wildman–Crippen MR) is 142 cm³/mol. The second-order valence-corrected chi connectivity index (χ2v) is 9.20. The Bertz CT molecular complexity index is 1430. The van der Waals surface area contributed by atoms with Crippen molar-refractivity contribution in [2.24, 2.45) is 0 Å². The van der Waals surface area contributed by atoms with Crippen molar-refractivity contribution >= 4 is 46.6 Å². The first-order valence-electron chi connectivity index (χ1n) is 11.3. The van der Waals surface area contributed by atoms with Gasteiger partial charge in [-0.15, -0.1) is 0 Å². The highest BCUT2D eigenvalue weighted by Gasteiger charge is 2.46. The molecule has 1 atom stereocenters. The number of likely N-dealkylation sites (tertiary alicyclic amines) is 1. The Morgan fingerprint density at radius 3 is 2.18 bits per heavy atom. The average molecular weight is 556 g/mol. The number of hydrogen-bond acceptors (Lipinski definition) is 7. The highest BCUT2D eigenvalue weighted by atomic mass is 35.5. The fraction of sp³-hybridized carbons (Fsp3) is 0.179. The van der Waals surface area contributed by atoms with Crippen molar-refractivity contribution in [2.45, 2.75) is 12.6 Å². The van der Waals surface area contributed by atoms with Gasteiger partial charge in [0.25, 0.3) is 11.7 Å². The second kappa shape index (κ2) is 11.2. The van der Waals surface area contributed by atoms with Crippen LogP contribution in [-0.4, -0.2) is 49.0 Å². The topological polar surface area (TPSA) is 102 Å². The Kier molecular flexibility index (Phi) is 7.94. The zero-order chi connectivity index (χ0) is 27.6. The summed E-state index contributed by atoms with van der Waals surface area (Å²) in [6, 6.07) is 15.2. The van der Waals surface area contributed by atoms with Gasteiger partial charge in [-0.1, -0.05) is 47.5 Å². The van der Waals surface area contributed by atoms with E-state index in [1.807, 2.05) is 0 Å². The monoisotopic (exact) mass is 555 g/mol. The Morgan fingerprint density at radius 2 is 1.61 bits per heavy atom. The first-order chi connectivity index (χ1) is 18.2. The predicted octanol–water partition coefficient (Wildman–Crippen LogP) is 5.42. The Labute approximate surface area is 228 Å². The van der Waals surface area contributed by atoms with Crippen molar-refractivity contribution in [3.8, 4) is 11.5 Å². The highest BCUT2D eigenvalue weighted by molar-refractivity contribution is 6.46. The lowest BCUT2D eigenvalue weighted by Gasteiger charge is -2.26. The number of hydrogen-bond donors (Lipinski definition) is 1. The van der Waals surface area contributed by atoms with Crippen molar-refractivity contribution in [3.05, 3.63) is 98.5 Å². The summed E-state index contributed by atoms with van der Waals surface area (Å²) in [7, 11) is 4.17. The minimum atomic E-state index is -0.955. The van der Waals surface area contributed by atoms with Crippen LogP contribution in [0.3, 0.4) is 0 Å². The second-order valence-electron chi connectivity index (χ2n) is 8.36. The zero-order valence-electron chi connectivity index (χ0n) is 20.7. The molecule has 3 aromatic carbocycles. The third kappa shape index (κ3) is 5.05. The van der Waals surface area contributed by atoms with Gasteiger partial charge < -0.3 is 24.2 Å². The number of aliphatic hydroxyl groups excluding tert-OH is 1. The summed E-state index contributed by atoms with van der Waals surface area (Å²) in [4.78, 5) is 39.8. The van der Waals surface area contributed by atoms with Crippen molar-refractivity contribution < 1.29 is 33.7 Å². The number of methoxy groups -OCH3 is 3. The molecule has 4 rings (SSSR count). The van der Waals surface area contributed by atoms with Gasteiger partial charge in [-0.05, 0) is 47.5 Å². The molecule has 1 amide bonds. The lowest BCUT2D eigenvalue weighted by molar-refractivity contribution is -0.140. The fourth-order valence-corrected chi connectivity index (χ4v) is 4.90. The number of ether oxygens (including phenoxy) is 3. The number of carbonyl (C=O) groups excluding carboxylic acids is 3. The van der Waals surface area contributed by atoms with Crippen LogP contribution in [0.5, 0.6) is 11.5 Å². The van der Waals surface area contributed by atoms with E-state index >= 15 is 0 Å². The number of benzene rings is 3. The van der Waals surface area contributed by atoms with E-state index in [1.165, 1.54) is 38.4 Å². The molecule has 38 heavy (non-hydrogen) atoms. The average Bonchev–Trinajstić information content (AvgIpc) is 3.17. The number of amides is 1. The molecule has 1 aliphatic heterocycles. The van der Waals surface area contributed by atoms with Gasteiger partial charge in [-0.25, -0.2) is 4.79 Å². The smallest absolute Gasteiger partial charge is 0.337 e. The standard InChI is InChI=1S/C28H23Cl2NO7/c1-36-19-10-8-16(9-11-19)23-22(24(32)20-12-18(29)13-21(30)26(20)37-2)25(33)27(34)31(23)14-15-4-6-17(7-5-15)28(35)38-3/h4-13,23,32H,14H2,1-3H3/b24-22+. The van der Waals surface area contributed by atoms with Crippen LogP contribution in [0.2, 0.25) is 10.0 Å². The van der Waals surface area contributed by atoms with E-state index in [0.29, 0.717) is 22.4 Å². The van der Waals surface area contributed by atoms with Crippen LogP contribution in [0.15, 0.2) is 66.2 Å². The summed E-state index contributed by atoms with van der Waals surface area (Å²) >= 11 is 12.4. The molecule has 196 valence electrons. The van der Waals surface area contributed by atoms with Gasteiger partial charge in [-0.3, -0.25) is 9.59 Å². The maximum Gasteiger partial charge on any atom is 0.337 e. The van der Waals surface area contributed by atoms with Gasteiger partial charge >= 0.3 is 5.97 Å². The van der Waals surface area contributed by atoms with Gasteiger partial charge in [-0.2, -0.15) is 0 Å². The van der Waals surface area contributed by atoms with E-state index < -0.39 is 29.5 Å². The first kappa shape index (κ1) is 27.0. The van der Waals surface area contributed by atoms with E-state index in [4.69, 9.17) is 37.4 Å². The molecule has 0 aromatic heterocycles. The highest BCUT2D eigenvalue weighted by Crippen LogP contribution is 2.44. The molecule has 3 aromatic rings. The van der Waals surface area contributed by atoms with Gasteiger partial charge in [0.05, 0.1) is 49.1 Å². The van der Waals surface area contributed by atoms with Crippen molar-refractivity contribution in [1.82, 2.24) is 4.90 Å². The molecule has 0 spiro atoms. The van der Waals surface area contributed by atoms with Crippen LogP contribution in [0.4, 0.5) is 0 Å². The molecule has 0 radical (unpaired) electrons. The van der Waals surface area contributed by atoms with Crippen LogP contribution >= 0.6 is 23.2 Å². The van der Waals surface area contributed by atoms with Crippen molar-refractivity contribution in [1.29, 1.82) is 0 Å². The lowest BCUT2D eigenvalue weighted by Crippen LogP contribution is -2.29. The van der Waals surface area contributed by atoms with Crippen LogP contribution in [0.1, 0.15) is 33.1 Å². The third-order valence-corrected chi connectivity index (χ3v) is 6.67. The lowest BCUT2D eigenvalue weighted by atomic mass is 9.94. The van der Waals surface area contributed by atoms with Crippen LogP contribution < -0.4 is 9.47 Å². The SMILES string of the molecule is COC(=O)c1ccc(CN2C(=O)C(=O)/C(=C(/O)c3cc(Cl)cc(Cl)c3OC)C2c2ccc(OC)cc2)cc1. The zero-order valence-corrected chi connectivity index (χ0v) is 22.2. The third-order valence-electron chi connectivity index (χ3n) is 6.17. The number of ketones is 1. The summed E-state index contributed by atoms with van der Waals surface area (Å²) in [5, 5.41) is 11.8. The molecule has 1 aliphatic rings. The summed E-state index contributed by atoms with van der Waals surface area (Å²) in [5.41, 5.74) is 1.48. The van der Waals surface area contributed by atoms with Gasteiger partial charge in [0.2, 0.25) is 0 Å². The van der Waals surface area contributed by atoms with E-state index in [0.717, 1.165) is 0 Å². The van der Waals surface area contributed by atoms with Crippen molar-refractivity contribution in [3.63, 3.8) is 0 Å². The number of halogens is 2. The summed E-state index contributed by atoms with van der Waals surface area (Å²) in [6.07, 6.45) is 0. The summed E-state index contributed by atoms with van der Waals surface area (Å²) < 4.78 is 15.3. The first-order valence-corrected chi connectivity index (χ1v) is 12.1. The van der Waals surface area contributed by atoms with Gasteiger partial charge in [0.1, 0.15) is 17.3 Å². The molecular formula is C28H23Cl2NO7. The molecule has 1 heterocycles. The number of esters is 1. The molecule has 8 nitrogen and oxygen atoms in total. The van der Waals surface area contributed by atoms with E-state index in [2.05, 4.69) is 0 Å². The molecule has 1 saturated heterocycles. The molecule has 1 fully saturated rings. The number of nitrogens with zero attached hydrogens (tertiary/aromatic N) is 1. The van der Waals surface area contributed by atoms with E-state index in [9.17, 15) is 19.5 Å². The maximum atomic E-state index is 13.4. The Hall–Kier alpha value is -4.01. The Balaban J connectivity index is 1.86. The molecule has 0 saturated carbocycles. The van der Waals surface area contributed by atoms with E-state index in [1.54, 1.807) is 48.5 Å². The molecule has 1 unspecified atom stereocenters. The Morgan fingerprint density at radius 1 is 0.947 bits per heavy atom. The van der Waals surface area contributed by atoms with Gasteiger partial charge in [0.15, 0.2) is 0 Å². The largest absolute Gasteiger partial charge is 0.507 e. The normalized spacial score (nSPS) is 16.4. The maximum absolute atomic E-state index is 13.4. The molecule has 0 aliphatic carbocycles.